The molecule has 0 spiro atoms. The van der Waals surface area contributed by atoms with E-state index in [4.69, 9.17) is 34.2 Å². The average Bonchev–Trinajstić information content (AvgIpc) is 2.79. The van der Waals surface area contributed by atoms with E-state index in [1.165, 1.54) is 0 Å². The van der Waals surface area contributed by atoms with Gasteiger partial charge in [0.1, 0.15) is 48.8 Å². The van der Waals surface area contributed by atoms with Gasteiger partial charge in [0.2, 0.25) is 0 Å². The number of rotatable bonds is 13. The topological polar surface area (TPSA) is 223 Å². The van der Waals surface area contributed by atoms with Crippen LogP contribution >= 0.6 is 0 Å². The maximum absolute atomic E-state index is 10.5. The molecule has 0 amide bonds. The lowest BCUT2D eigenvalue weighted by atomic mass is 9.97. The van der Waals surface area contributed by atoms with Crippen molar-refractivity contribution < 1.29 is 64.2 Å². The number of nitrogens with two attached hydrogens (primary N) is 1. The van der Waals surface area contributed by atoms with Gasteiger partial charge in [-0.2, -0.15) is 0 Å². The van der Waals surface area contributed by atoms with Gasteiger partial charge in [-0.15, -0.1) is 0 Å². The van der Waals surface area contributed by atoms with Crippen LogP contribution in [0.25, 0.3) is 0 Å². The number of hydrogen-bond donors (Lipinski definition) is 8. The first-order valence-electron chi connectivity index (χ1n) is 10.4. The minimum atomic E-state index is -1.73. The third-order valence-corrected chi connectivity index (χ3v) is 5.10. The molecular weight excluding hydrogens is 438 g/mol. The van der Waals surface area contributed by atoms with Gasteiger partial charge in [0.25, 0.3) is 0 Å². The lowest BCUT2D eigenvalue weighted by molar-refractivity contribution is -0.359. The van der Waals surface area contributed by atoms with Crippen LogP contribution in [0.1, 0.15) is 0 Å². The van der Waals surface area contributed by atoms with Crippen molar-refractivity contribution in [1.29, 1.82) is 0 Å². The van der Waals surface area contributed by atoms with Crippen LogP contribution in [-0.2, 0) is 28.4 Å². The summed E-state index contributed by atoms with van der Waals surface area (Å²) in [6.07, 6.45) is -14.9. The molecule has 0 radical (unpaired) electrons. The predicted molar refractivity (Wildman–Crippen MR) is 103 cm³/mol. The third kappa shape index (κ3) is 7.22. The molecule has 2 aliphatic heterocycles. The van der Waals surface area contributed by atoms with E-state index >= 15 is 0 Å². The van der Waals surface area contributed by atoms with Crippen molar-refractivity contribution in [3.8, 4) is 0 Å². The van der Waals surface area contributed by atoms with E-state index in [0.29, 0.717) is 26.4 Å². The van der Waals surface area contributed by atoms with Crippen molar-refractivity contribution >= 4 is 0 Å². The summed E-state index contributed by atoms with van der Waals surface area (Å²) < 4.78 is 32.0. The molecule has 0 aromatic heterocycles. The Morgan fingerprint density at radius 2 is 1.19 bits per heavy atom. The van der Waals surface area contributed by atoms with Crippen LogP contribution in [0.4, 0.5) is 0 Å². The Morgan fingerprint density at radius 3 is 1.81 bits per heavy atom. The van der Waals surface area contributed by atoms with Gasteiger partial charge in [-0.3, -0.25) is 0 Å². The molecule has 2 saturated heterocycles. The summed E-state index contributed by atoms with van der Waals surface area (Å²) in [7, 11) is 0. The van der Waals surface area contributed by atoms with Gasteiger partial charge in [-0.1, -0.05) is 0 Å². The molecule has 2 fully saturated rings. The Kier molecular flexibility index (Phi) is 12.1. The van der Waals surface area contributed by atoms with Gasteiger partial charge in [0.15, 0.2) is 12.6 Å². The zero-order valence-electron chi connectivity index (χ0n) is 17.6. The molecule has 2 rings (SSSR count). The standard InChI is InChI=1S/C18H35NO13/c19-1-2-27-3-4-28-5-6-29-17-15(26)13(24)16(10(8-21)31-17)32-18-14(25)12(23)11(22)9(7-20)30-18/h9-18,20-26H,1-8,19H2/t9-,10-,11+,12+,13-,14-,15-,16-,17-,18+/m1/s1. The van der Waals surface area contributed by atoms with Gasteiger partial charge in [-0.25, -0.2) is 0 Å². The van der Waals surface area contributed by atoms with Crippen LogP contribution in [0.5, 0.6) is 0 Å². The monoisotopic (exact) mass is 473 g/mol. The molecule has 2 heterocycles. The van der Waals surface area contributed by atoms with E-state index in [2.05, 4.69) is 0 Å². The Labute approximate surface area is 185 Å². The van der Waals surface area contributed by atoms with Crippen molar-refractivity contribution in [2.45, 2.75) is 61.4 Å². The van der Waals surface area contributed by atoms with Crippen LogP contribution in [0.15, 0.2) is 0 Å². The van der Waals surface area contributed by atoms with Crippen LogP contribution in [0.2, 0.25) is 0 Å². The lowest BCUT2D eigenvalue weighted by Gasteiger charge is -2.45. The fourth-order valence-electron chi connectivity index (χ4n) is 3.32. The first-order chi connectivity index (χ1) is 15.3. The highest BCUT2D eigenvalue weighted by atomic mass is 16.7. The first-order valence-corrected chi connectivity index (χ1v) is 10.4. The molecule has 0 saturated carbocycles. The molecule has 2 aliphatic rings. The summed E-state index contributed by atoms with van der Waals surface area (Å²) in [6.45, 7) is 0.379. The fraction of sp³-hybridized carbons (Fsp3) is 1.00. The summed E-state index contributed by atoms with van der Waals surface area (Å²) in [5.41, 5.74) is 5.29. The highest BCUT2D eigenvalue weighted by molar-refractivity contribution is 4.94. The molecule has 0 bridgehead atoms. The first kappa shape index (κ1) is 27.7. The SMILES string of the molecule is NCCOCCOCCO[C@@H]1O[C@H](CO)[C@@H](O[C@@H]2O[C@H](CO)[C@H](O)[C@H](O)[C@H]2O)[C@H](O)[C@H]1O. The van der Waals surface area contributed by atoms with E-state index in [1.807, 2.05) is 0 Å². The van der Waals surface area contributed by atoms with Crippen LogP contribution in [-0.4, -0.2) is 150 Å². The van der Waals surface area contributed by atoms with Crippen molar-refractivity contribution in [2.75, 3.05) is 52.8 Å². The van der Waals surface area contributed by atoms with Gasteiger partial charge < -0.3 is 69.9 Å². The normalized spacial score (nSPS) is 40.5. The predicted octanol–water partition coefficient (Wildman–Crippen LogP) is -5.38. The van der Waals surface area contributed by atoms with Crippen LogP contribution in [0, 0.1) is 0 Å². The van der Waals surface area contributed by atoms with E-state index in [0.717, 1.165) is 0 Å². The molecule has 0 aliphatic carbocycles. The number of aliphatic hydroxyl groups is 7. The summed E-state index contributed by atoms with van der Waals surface area (Å²) in [4.78, 5) is 0. The van der Waals surface area contributed by atoms with Crippen molar-refractivity contribution in [1.82, 2.24) is 0 Å². The second-order valence-corrected chi connectivity index (χ2v) is 7.39. The second-order valence-electron chi connectivity index (χ2n) is 7.39. The number of aliphatic hydroxyl groups excluding tert-OH is 7. The fourth-order valence-corrected chi connectivity index (χ4v) is 3.32. The Balaban J connectivity index is 1.86. The summed E-state index contributed by atoms with van der Waals surface area (Å²) in [6, 6.07) is 0. The van der Waals surface area contributed by atoms with Crippen molar-refractivity contribution in [3.05, 3.63) is 0 Å². The zero-order chi connectivity index (χ0) is 23.7. The Bertz CT molecular complexity index is 513. The Morgan fingerprint density at radius 1 is 0.625 bits per heavy atom. The largest absolute Gasteiger partial charge is 0.394 e. The highest BCUT2D eigenvalue weighted by Gasteiger charge is 2.50. The lowest BCUT2D eigenvalue weighted by Crippen LogP contribution is -2.64. The van der Waals surface area contributed by atoms with Crippen molar-refractivity contribution in [3.63, 3.8) is 0 Å². The minimum Gasteiger partial charge on any atom is -0.394 e. The van der Waals surface area contributed by atoms with E-state index in [9.17, 15) is 35.7 Å². The van der Waals surface area contributed by atoms with E-state index in [-0.39, 0.29) is 13.2 Å². The summed E-state index contributed by atoms with van der Waals surface area (Å²) in [5, 5.41) is 69.6. The van der Waals surface area contributed by atoms with Gasteiger partial charge in [-0.05, 0) is 0 Å². The third-order valence-electron chi connectivity index (χ3n) is 5.10. The highest BCUT2D eigenvalue weighted by Crippen LogP contribution is 2.29. The van der Waals surface area contributed by atoms with Crippen molar-refractivity contribution in [2.24, 2.45) is 5.73 Å². The number of hydrogen-bond acceptors (Lipinski definition) is 14. The van der Waals surface area contributed by atoms with E-state index < -0.39 is 74.6 Å². The molecule has 32 heavy (non-hydrogen) atoms. The molecule has 190 valence electrons. The zero-order valence-corrected chi connectivity index (χ0v) is 17.6. The molecular formula is C18H35NO13. The maximum Gasteiger partial charge on any atom is 0.187 e. The molecule has 0 aromatic rings. The maximum atomic E-state index is 10.5. The Hall–Kier alpha value is -0.560. The molecule has 10 atom stereocenters. The molecule has 0 aromatic carbocycles. The van der Waals surface area contributed by atoms with Gasteiger partial charge in [0.05, 0.1) is 46.2 Å². The molecule has 0 unspecified atom stereocenters. The van der Waals surface area contributed by atoms with Crippen LogP contribution < -0.4 is 5.73 Å². The van der Waals surface area contributed by atoms with Gasteiger partial charge in [0, 0.05) is 6.54 Å². The average molecular weight is 473 g/mol. The molecule has 9 N–H and O–H groups in total. The second kappa shape index (κ2) is 14.0. The summed E-state index contributed by atoms with van der Waals surface area (Å²) in [5.74, 6) is 0. The molecule has 14 heteroatoms. The summed E-state index contributed by atoms with van der Waals surface area (Å²) >= 11 is 0. The van der Waals surface area contributed by atoms with Crippen LogP contribution in [0.3, 0.4) is 0 Å². The number of ether oxygens (including phenoxy) is 6. The molecule has 14 nitrogen and oxygen atoms in total. The minimum absolute atomic E-state index is 0.0156. The van der Waals surface area contributed by atoms with Gasteiger partial charge >= 0.3 is 0 Å². The van der Waals surface area contributed by atoms with E-state index in [1.54, 1.807) is 0 Å². The quantitative estimate of drug-likeness (QED) is 0.117. The smallest absolute Gasteiger partial charge is 0.187 e.